The fourth-order valence-electron chi connectivity index (χ4n) is 3.74. The number of benzene rings is 2. The number of urea groups is 1. The van der Waals surface area contributed by atoms with Gasteiger partial charge >= 0.3 is 6.03 Å². The molecule has 3 amide bonds. The van der Waals surface area contributed by atoms with Crippen LogP contribution >= 0.6 is 0 Å². The van der Waals surface area contributed by atoms with Crippen molar-refractivity contribution in [3.63, 3.8) is 0 Å². The molecule has 2 heterocycles. The van der Waals surface area contributed by atoms with Gasteiger partial charge in [0.05, 0.1) is 13.2 Å². The van der Waals surface area contributed by atoms with E-state index in [9.17, 15) is 9.59 Å². The first-order valence-corrected chi connectivity index (χ1v) is 9.86. The third kappa shape index (κ3) is 4.02. The summed E-state index contributed by atoms with van der Waals surface area (Å²) < 4.78 is 5.29. The zero-order chi connectivity index (χ0) is 19.3. The molecule has 0 saturated carbocycles. The summed E-state index contributed by atoms with van der Waals surface area (Å²) in [4.78, 5) is 29.0. The molecule has 1 saturated heterocycles. The smallest absolute Gasteiger partial charge is 0.326 e. The van der Waals surface area contributed by atoms with Crippen LogP contribution in [0.15, 0.2) is 48.5 Å². The van der Waals surface area contributed by atoms with Crippen molar-refractivity contribution < 1.29 is 14.3 Å². The number of hydrogen-bond acceptors (Lipinski definition) is 3. The summed E-state index contributed by atoms with van der Waals surface area (Å²) in [6.45, 7) is 3.10. The van der Waals surface area contributed by atoms with Crippen molar-refractivity contribution in [1.82, 2.24) is 4.90 Å². The maximum absolute atomic E-state index is 12.9. The van der Waals surface area contributed by atoms with Gasteiger partial charge in [-0.05, 0) is 55.2 Å². The number of rotatable bonds is 2. The Hall–Kier alpha value is -2.86. The standard InChI is InChI=1S/C22H25N3O3/c26-21(24-13-15-28-16-14-24)18-8-10-19(11-9-18)23-22(27)25-12-4-3-6-17-5-1-2-7-20(17)25/h1-2,5,7-11H,3-4,6,12-16H2,(H,23,27). The Bertz CT molecular complexity index is 844. The maximum atomic E-state index is 12.9. The summed E-state index contributed by atoms with van der Waals surface area (Å²) in [7, 11) is 0. The lowest BCUT2D eigenvalue weighted by Gasteiger charge is -2.27. The molecule has 4 rings (SSSR count). The van der Waals surface area contributed by atoms with E-state index in [-0.39, 0.29) is 11.9 Å². The van der Waals surface area contributed by atoms with E-state index >= 15 is 0 Å². The lowest BCUT2D eigenvalue weighted by Crippen LogP contribution is -2.40. The molecule has 0 radical (unpaired) electrons. The highest BCUT2D eigenvalue weighted by Gasteiger charge is 2.21. The molecule has 0 atom stereocenters. The third-order valence-corrected chi connectivity index (χ3v) is 5.29. The van der Waals surface area contributed by atoms with Gasteiger partial charge in [0.15, 0.2) is 0 Å². The molecule has 0 aliphatic carbocycles. The molecule has 0 unspecified atom stereocenters. The van der Waals surface area contributed by atoms with Crippen molar-refractivity contribution in [3.8, 4) is 0 Å². The Balaban J connectivity index is 1.44. The van der Waals surface area contributed by atoms with E-state index in [1.807, 2.05) is 23.1 Å². The summed E-state index contributed by atoms with van der Waals surface area (Å²) in [6, 6.07) is 15.1. The second kappa shape index (κ2) is 8.44. The molecule has 6 heteroatoms. The Kier molecular flexibility index (Phi) is 5.58. The SMILES string of the molecule is O=C(c1ccc(NC(=O)N2CCCCc3ccccc32)cc1)N1CCOCC1. The Morgan fingerprint density at radius 2 is 1.64 bits per heavy atom. The summed E-state index contributed by atoms with van der Waals surface area (Å²) >= 11 is 0. The fraction of sp³-hybridized carbons (Fsp3) is 0.364. The van der Waals surface area contributed by atoms with Crippen molar-refractivity contribution in [2.45, 2.75) is 19.3 Å². The van der Waals surface area contributed by atoms with Crippen LogP contribution in [0.1, 0.15) is 28.8 Å². The molecule has 2 aromatic carbocycles. The monoisotopic (exact) mass is 379 g/mol. The number of amides is 3. The predicted molar refractivity (Wildman–Crippen MR) is 109 cm³/mol. The summed E-state index contributed by atoms with van der Waals surface area (Å²) in [5, 5.41) is 2.97. The number of para-hydroxylation sites is 1. The summed E-state index contributed by atoms with van der Waals surface area (Å²) in [5.74, 6) is 0.00243. The molecule has 2 aromatic rings. The fourth-order valence-corrected chi connectivity index (χ4v) is 3.74. The van der Waals surface area contributed by atoms with Crippen molar-refractivity contribution in [3.05, 3.63) is 59.7 Å². The molecule has 1 N–H and O–H groups in total. The topological polar surface area (TPSA) is 61.9 Å². The first-order chi connectivity index (χ1) is 13.7. The zero-order valence-corrected chi connectivity index (χ0v) is 15.9. The number of nitrogens with one attached hydrogen (secondary N) is 1. The first-order valence-electron chi connectivity index (χ1n) is 9.86. The van der Waals surface area contributed by atoms with Gasteiger partial charge in [-0.1, -0.05) is 18.2 Å². The van der Waals surface area contributed by atoms with Crippen molar-refractivity contribution >= 4 is 23.3 Å². The van der Waals surface area contributed by atoms with E-state index in [2.05, 4.69) is 11.4 Å². The Morgan fingerprint density at radius 3 is 2.43 bits per heavy atom. The second-order valence-electron chi connectivity index (χ2n) is 7.15. The largest absolute Gasteiger partial charge is 0.378 e. The summed E-state index contributed by atoms with van der Waals surface area (Å²) in [5.41, 5.74) is 3.50. The highest BCUT2D eigenvalue weighted by molar-refractivity contribution is 6.02. The molecule has 0 bridgehead atoms. The molecule has 146 valence electrons. The Morgan fingerprint density at radius 1 is 0.893 bits per heavy atom. The van der Waals surface area contributed by atoms with Gasteiger partial charge < -0.3 is 15.0 Å². The van der Waals surface area contributed by atoms with Crippen molar-refractivity contribution in [1.29, 1.82) is 0 Å². The lowest BCUT2D eigenvalue weighted by molar-refractivity contribution is 0.0303. The minimum Gasteiger partial charge on any atom is -0.378 e. The average Bonchev–Trinajstić information content (AvgIpc) is 2.97. The number of anilines is 2. The molecule has 6 nitrogen and oxygen atoms in total. The molecule has 28 heavy (non-hydrogen) atoms. The molecule has 2 aliphatic rings. The van der Waals surface area contributed by atoms with Gasteiger partial charge in [0.25, 0.3) is 5.91 Å². The molecule has 2 aliphatic heterocycles. The van der Waals surface area contributed by atoms with E-state index in [1.165, 1.54) is 5.56 Å². The van der Waals surface area contributed by atoms with Crippen LogP contribution in [0, 0.1) is 0 Å². The minimum absolute atomic E-state index is 0.00243. The van der Waals surface area contributed by atoms with Crippen LogP contribution < -0.4 is 10.2 Å². The third-order valence-electron chi connectivity index (χ3n) is 5.29. The number of hydrogen-bond donors (Lipinski definition) is 1. The number of carbonyl (C=O) groups is 2. The van der Waals surface area contributed by atoms with E-state index in [4.69, 9.17) is 4.74 Å². The van der Waals surface area contributed by atoms with Gasteiger partial charge in [-0.15, -0.1) is 0 Å². The van der Waals surface area contributed by atoms with Gasteiger partial charge in [0.2, 0.25) is 0 Å². The molecular weight excluding hydrogens is 354 g/mol. The van der Waals surface area contributed by atoms with Crippen LogP contribution in [0.3, 0.4) is 0 Å². The van der Waals surface area contributed by atoms with Crippen molar-refractivity contribution in [2.75, 3.05) is 43.1 Å². The summed E-state index contributed by atoms with van der Waals surface area (Å²) in [6.07, 6.45) is 3.06. The van der Waals surface area contributed by atoms with Gasteiger partial charge in [-0.3, -0.25) is 9.69 Å². The highest BCUT2D eigenvalue weighted by Crippen LogP contribution is 2.26. The maximum Gasteiger partial charge on any atom is 0.326 e. The molecular formula is C22H25N3O3. The minimum atomic E-state index is -0.137. The van der Waals surface area contributed by atoms with E-state index in [0.717, 1.165) is 24.9 Å². The lowest BCUT2D eigenvalue weighted by atomic mass is 10.1. The molecule has 0 aromatic heterocycles. The van der Waals surface area contributed by atoms with Crippen LogP contribution in [-0.2, 0) is 11.2 Å². The number of nitrogens with zero attached hydrogens (tertiary/aromatic N) is 2. The van der Waals surface area contributed by atoms with Gasteiger partial charge in [-0.2, -0.15) is 0 Å². The highest BCUT2D eigenvalue weighted by atomic mass is 16.5. The van der Waals surface area contributed by atoms with Crippen molar-refractivity contribution in [2.24, 2.45) is 0 Å². The van der Waals surface area contributed by atoms with Crippen LogP contribution in [0.4, 0.5) is 16.2 Å². The number of ether oxygens (including phenoxy) is 1. The van der Waals surface area contributed by atoms with Gasteiger partial charge in [-0.25, -0.2) is 4.79 Å². The number of aryl methyl sites for hydroxylation is 1. The van der Waals surface area contributed by atoms with E-state index in [0.29, 0.717) is 44.1 Å². The zero-order valence-electron chi connectivity index (χ0n) is 15.9. The van der Waals surface area contributed by atoms with Crippen LogP contribution in [0.5, 0.6) is 0 Å². The van der Waals surface area contributed by atoms with E-state index < -0.39 is 0 Å². The number of carbonyl (C=O) groups excluding carboxylic acids is 2. The van der Waals surface area contributed by atoms with Crippen LogP contribution in [0.25, 0.3) is 0 Å². The number of morpholine rings is 1. The second-order valence-corrected chi connectivity index (χ2v) is 7.15. The Labute approximate surface area is 165 Å². The number of fused-ring (bicyclic) bond motifs is 1. The van der Waals surface area contributed by atoms with E-state index in [1.54, 1.807) is 29.2 Å². The van der Waals surface area contributed by atoms with Gasteiger partial charge in [0, 0.05) is 36.6 Å². The van der Waals surface area contributed by atoms with Gasteiger partial charge in [0.1, 0.15) is 0 Å². The quantitative estimate of drug-likeness (QED) is 0.868. The average molecular weight is 379 g/mol. The van der Waals surface area contributed by atoms with Crippen LogP contribution in [0.2, 0.25) is 0 Å². The molecule has 0 spiro atoms. The normalized spacial score (nSPS) is 16.9. The predicted octanol–water partition coefficient (Wildman–Crippen LogP) is 3.53. The molecule has 1 fully saturated rings. The van der Waals surface area contributed by atoms with Crippen LogP contribution in [-0.4, -0.2) is 49.7 Å². The first kappa shape index (κ1) is 18.5.